The number of benzene rings is 1. The van der Waals surface area contributed by atoms with Crippen LogP contribution in [0.1, 0.15) is 39.7 Å². The fourth-order valence-corrected chi connectivity index (χ4v) is 2.20. The van der Waals surface area contributed by atoms with Gasteiger partial charge in [-0.25, -0.2) is 4.98 Å². The highest BCUT2D eigenvalue weighted by atomic mass is 16.5. The molecule has 0 fully saturated rings. The molecule has 1 amide bonds. The van der Waals surface area contributed by atoms with E-state index in [1.807, 2.05) is 38.1 Å². The van der Waals surface area contributed by atoms with Crippen LogP contribution >= 0.6 is 0 Å². The van der Waals surface area contributed by atoms with Crippen molar-refractivity contribution in [1.82, 2.24) is 10.3 Å². The Labute approximate surface area is 141 Å². The van der Waals surface area contributed by atoms with Crippen LogP contribution in [0.15, 0.2) is 24.3 Å². The summed E-state index contributed by atoms with van der Waals surface area (Å²) < 4.78 is 5.30. The van der Waals surface area contributed by atoms with Gasteiger partial charge in [0.25, 0.3) is 5.91 Å². The second-order valence-electron chi connectivity index (χ2n) is 5.42. The van der Waals surface area contributed by atoms with Crippen molar-refractivity contribution in [3.05, 3.63) is 52.2 Å². The summed E-state index contributed by atoms with van der Waals surface area (Å²) in [7, 11) is 0. The van der Waals surface area contributed by atoms with Gasteiger partial charge < -0.3 is 15.8 Å². The van der Waals surface area contributed by atoms with Crippen molar-refractivity contribution in [2.45, 2.75) is 27.3 Å². The van der Waals surface area contributed by atoms with E-state index in [1.54, 1.807) is 6.92 Å². The van der Waals surface area contributed by atoms with Crippen LogP contribution in [0.3, 0.4) is 0 Å². The molecule has 2 rings (SSSR count). The van der Waals surface area contributed by atoms with E-state index in [0.717, 1.165) is 5.56 Å². The molecular weight excluding hydrogens is 304 g/mol. The highest BCUT2D eigenvalue weighted by Crippen LogP contribution is 2.22. The third kappa shape index (κ3) is 3.82. The van der Waals surface area contributed by atoms with Crippen molar-refractivity contribution in [1.29, 1.82) is 5.26 Å². The van der Waals surface area contributed by atoms with Gasteiger partial charge in [-0.3, -0.25) is 4.79 Å². The Morgan fingerprint density at radius 3 is 2.71 bits per heavy atom. The molecule has 1 aromatic carbocycles. The first-order valence-corrected chi connectivity index (χ1v) is 7.64. The highest BCUT2D eigenvalue weighted by molar-refractivity contribution is 5.93. The van der Waals surface area contributed by atoms with Gasteiger partial charge in [0.05, 0.1) is 12.3 Å². The zero-order valence-electron chi connectivity index (χ0n) is 14.0. The van der Waals surface area contributed by atoms with E-state index < -0.39 is 0 Å². The van der Waals surface area contributed by atoms with E-state index in [4.69, 9.17) is 15.7 Å². The number of hydrogen-bond donors (Lipinski definition) is 2. The van der Waals surface area contributed by atoms with Gasteiger partial charge in [0.15, 0.2) is 0 Å². The number of carbonyl (C=O) groups excluding carboxylic acids is 1. The van der Waals surface area contributed by atoms with Gasteiger partial charge in [0.1, 0.15) is 17.3 Å². The normalized spacial score (nSPS) is 10.1. The lowest BCUT2D eigenvalue weighted by Gasteiger charge is -2.10. The van der Waals surface area contributed by atoms with Gasteiger partial charge in [0.2, 0.25) is 5.88 Å². The average molecular weight is 324 g/mol. The molecule has 6 heteroatoms. The number of nitrogens with one attached hydrogen (secondary N) is 1. The molecule has 0 aliphatic heterocycles. The predicted molar refractivity (Wildman–Crippen MR) is 91.6 cm³/mol. The first-order chi connectivity index (χ1) is 11.5. The Morgan fingerprint density at radius 1 is 1.33 bits per heavy atom. The third-order valence-corrected chi connectivity index (χ3v) is 3.67. The smallest absolute Gasteiger partial charge is 0.270 e. The molecule has 0 radical (unpaired) electrons. The van der Waals surface area contributed by atoms with Crippen molar-refractivity contribution < 1.29 is 9.53 Å². The number of hydrogen-bond acceptors (Lipinski definition) is 5. The zero-order chi connectivity index (χ0) is 17.7. The molecular formula is C18H20N4O2. The van der Waals surface area contributed by atoms with Gasteiger partial charge in [0, 0.05) is 6.54 Å². The largest absolute Gasteiger partial charge is 0.477 e. The Morgan fingerprint density at radius 2 is 2.08 bits per heavy atom. The summed E-state index contributed by atoms with van der Waals surface area (Å²) in [5.41, 5.74) is 9.63. The van der Waals surface area contributed by atoms with Crippen molar-refractivity contribution in [2.75, 3.05) is 12.3 Å². The summed E-state index contributed by atoms with van der Waals surface area (Å²) in [6.07, 6.45) is 0. The SMILES string of the molecule is CCOc1nc(C(=O)NCc2ccc(C)c(C)c2)cc(N)c1C#N. The highest BCUT2D eigenvalue weighted by Gasteiger charge is 2.16. The van der Waals surface area contributed by atoms with Crippen molar-refractivity contribution in [2.24, 2.45) is 0 Å². The Kier molecular flexibility index (Phi) is 5.38. The van der Waals surface area contributed by atoms with Crippen LogP contribution in [0.2, 0.25) is 0 Å². The molecule has 0 atom stereocenters. The summed E-state index contributed by atoms with van der Waals surface area (Å²) in [5.74, 6) is -0.290. The number of aryl methyl sites for hydroxylation is 2. The Hall–Kier alpha value is -3.07. The maximum absolute atomic E-state index is 12.3. The van der Waals surface area contributed by atoms with Crippen LogP contribution in [-0.2, 0) is 6.54 Å². The summed E-state index contributed by atoms with van der Waals surface area (Å²) in [4.78, 5) is 16.4. The number of nitrogens with zero attached hydrogens (tertiary/aromatic N) is 2. The Balaban J connectivity index is 2.17. The van der Waals surface area contributed by atoms with Gasteiger partial charge in [-0.15, -0.1) is 0 Å². The van der Waals surface area contributed by atoms with Crippen LogP contribution in [0.4, 0.5) is 5.69 Å². The van der Waals surface area contributed by atoms with E-state index in [1.165, 1.54) is 17.2 Å². The Bertz CT molecular complexity index is 809. The predicted octanol–water partition coefficient (Wildman–Crippen LogP) is 2.48. The number of anilines is 1. The molecule has 0 unspecified atom stereocenters. The fraction of sp³-hybridized carbons (Fsp3) is 0.278. The minimum absolute atomic E-state index is 0.0799. The number of amides is 1. The van der Waals surface area contributed by atoms with Crippen LogP contribution in [0.5, 0.6) is 5.88 Å². The van der Waals surface area contributed by atoms with E-state index in [-0.39, 0.29) is 28.7 Å². The van der Waals surface area contributed by atoms with E-state index in [2.05, 4.69) is 10.3 Å². The topological polar surface area (TPSA) is 101 Å². The number of nitrogens with two attached hydrogens (primary N) is 1. The second-order valence-corrected chi connectivity index (χ2v) is 5.42. The maximum Gasteiger partial charge on any atom is 0.270 e. The molecule has 0 aliphatic rings. The van der Waals surface area contributed by atoms with Gasteiger partial charge >= 0.3 is 0 Å². The second kappa shape index (κ2) is 7.47. The molecule has 1 aromatic heterocycles. The summed E-state index contributed by atoms with van der Waals surface area (Å²) in [6, 6.07) is 9.34. The van der Waals surface area contributed by atoms with E-state index in [9.17, 15) is 4.79 Å². The number of aromatic nitrogens is 1. The summed E-state index contributed by atoms with van der Waals surface area (Å²) in [5, 5.41) is 11.9. The molecule has 1 heterocycles. The molecule has 0 saturated carbocycles. The summed E-state index contributed by atoms with van der Waals surface area (Å²) >= 11 is 0. The fourth-order valence-electron chi connectivity index (χ4n) is 2.20. The van der Waals surface area contributed by atoms with Crippen molar-refractivity contribution in [3.63, 3.8) is 0 Å². The molecule has 0 saturated heterocycles. The molecule has 24 heavy (non-hydrogen) atoms. The standard InChI is InChI=1S/C18H20N4O2/c1-4-24-18-14(9-19)15(20)8-16(22-18)17(23)21-10-13-6-5-11(2)12(3)7-13/h5-8H,4,10H2,1-3H3,(H2,20,22)(H,21,23). The number of pyridine rings is 1. The van der Waals surface area contributed by atoms with Crippen LogP contribution in [0, 0.1) is 25.2 Å². The minimum Gasteiger partial charge on any atom is -0.477 e. The minimum atomic E-state index is -0.370. The molecule has 0 bridgehead atoms. The monoisotopic (exact) mass is 324 g/mol. The molecule has 124 valence electrons. The van der Waals surface area contributed by atoms with Crippen molar-refractivity contribution >= 4 is 11.6 Å². The van der Waals surface area contributed by atoms with Crippen LogP contribution < -0.4 is 15.8 Å². The molecule has 3 N–H and O–H groups in total. The lowest BCUT2D eigenvalue weighted by atomic mass is 10.1. The number of ether oxygens (including phenoxy) is 1. The first-order valence-electron chi connectivity index (χ1n) is 7.64. The lowest BCUT2D eigenvalue weighted by Crippen LogP contribution is -2.24. The number of nitrogen functional groups attached to an aromatic ring is 1. The quantitative estimate of drug-likeness (QED) is 0.880. The maximum atomic E-state index is 12.3. The molecule has 0 aliphatic carbocycles. The zero-order valence-corrected chi connectivity index (χ0v) is 14.0. The number of rotatable bonds is 5. The lowest BCUT2D eigenvalue weighted by molar-refractivity contribution is 0.0945. The van der Waals surface area contributed by atoms with Gasteiger partial charge in [-0.1, -0.05) is 18.2 Å². The molecule has 0 spiro atoms. The average Bonchev–Trinajstić information content (AvgIpc) is 2.55. The van der Waals surface area contributed by atoms with Gasteiger partial charge in [-0.05, 0) is 43.5 Å². The van der Waals surface area contributed by atoms with Crippen molar-refractivity contribution in [3.8, 4) is 11.9 Å². The number of carbonyl (C=O) groups is 1. The number of nitriles is 1. The summed E-state index contributed by atoms with van der Waals surface area (Å²) in [6.45, 7) is 6.54. The first kappa shape index (κ1) is 17.3. The molecule has 2 aromatic rings. The third-order valence-electron chi connectivity index (χ3n) is 3.67. The van der Waals surface area contributed by atoms with Crippen LogP contribution in [-0.4, -0.2) is 17.5 Å². The molecule has 6 nitrogen and oxygen atoms in total. The van der Waals surface area contributed by atoms with Crippen LogP contribution in [0.25, 0.3) is 0 Å². The van der Waals surface area contributed by atoms with E-state index >= 15 is 0 Å². The van der Waals surface area contributed by atoms with Gasteiger partial charge in [-0.2, -0.15) is 5.26 Å². The van der Waals surface area contributed by atoms with E-state index in [0.29, 0.717) is 13.2 Å².